The minimum absolute atomic E-state index is 0.405. The first-order valence-electron chi connectivity index (χ1n) is 6.17. The SMILES string of the molecule is CCc1ccc(CC(C)N(C)C(=O)C(F)(F)F)cc1. The van der Waals surface area contributed by atoms with E-state index in [2.05, 4.69) is 0 Å². The average molecular weight is 273 g/mol. The molecule has 0 aromatic heterocycles. The fourth-order valence-electron chi connectivity index (χ4n) is 1.79. The van der Waals surface area contributed by atoms with Crippen LogP contribution in [0.15, 0.2) is 24.3 Å². The number of benzene rings is 1. The van der Waals surface area contributed by atoms with Crippen molar-refractivity contribution in [2.24, 2.45) is 0 Å². The molecule has 1 rings (SSSR count). The van der Waals surface area contributed by atoms with Gasteiger partial charge in [0.1, 0.15) is 0 Å². The van der Waals surface area contributed by atoms with Crippen LogP contribution in [0, 0.1) is 0 Å². The van der Waals surface area contributed by atoms with Crippen molar-refractivity contribution in [2.45, 2.75) is 38.9 Å². The molecule has 1 amide bonds. The molecular weight excluding hydrogens is 255 g/mol. The summed E-state index contributed by atoms with van der Waals surface area (Å²) in [5, 5.41) is 0. The molecule has 1 atom stereocenters. The first kappa shape index (κ1) is 15.5. The summed E-state index contributed by atoms with van der Waals surface area (Å²) in [5.74, 6) is -1.80. The predicted octanol–water partition coefficient (Wildman–Crippen LogP) is 3.20. The summed E-state index contributed by atoms with van der Waals surface area (Å²) >= 11 is 0. The number of nitrogens with zero attached hydrogens (tertiary/aromatic N) is 1. The van der Waals surface area contributed by atoms with E-state index in [9.17, 15) is 18.0 Å². The van der Waals surface area contributed by atoms with Crippen LogP contribution in [0.3, 0.4) is 0 Å². The van der Waals surface area contributed by atoms with E-state index in [1.165, 1.54) is 12.6 Å². The highest BCUT2D eigenvalue weighted by molar-refractivity contribution is 5.81. The molecule has 0 saturated carbocycles. The second kappa shape index (κ2) is 6.08. The van der Waals surface area contributed by atoms with Crippen LogP contribution in [0.4, 0.5) is 13.2 Å². The maximum absolute atomic E-state index is 12.3. The van der Waals surface area contributed by atoms with Gasteiger partial charge in [0, 0.05) is 13.1 Å². The van der Waals surface area contributed by atoms with Crippen LogP contribution in [-0.2, 0) is 17.6 Å². The Bertz CT molecular complexity index is 425. The van der Waals surface area contributed by atoms with Crippen LogP contribution >= 0.6 is 0 Å². The van der Waals surface area contributed by atoms with Gasteiger partial charge in [-0.05, 0) is 30.9 Å². The molecule has 106 valence electrons. The zero-order chi connectivity index (χ0) is 14.6. The maximum atomic E-state index is 12.3. The van der Waals surface area contributed by atoms with Crippen LogP contribution in [0.2, 0.25) is 0 Å². The largest absolute Gasteiger partial charge is 0.471 e. The fraction of sp³-hybridized carbons (Fsp3) is 0.500. The Morgan fingerprint density at radius 2 is 1.68 bits per heavy atom. The first-order valence-corrected chi connectivity index (χ1v) is 6.17. The molecule has 0 spiro atoms. The second-order valence-electron chi connectivity index (χ2n) is 4.64. The summed E-state index contributed by atoms with van der Waals surface area (Å²) < 4.78 is 36.9. The van der Waals surface area contributed by atoms with E-state index in [4.69, 9.17) is 0 Å². The van der Waals surface area contributed by atoms with E-state index in [1.807, 2.05) is 31.2 Å². The molecule has 0 aliphatic carbocycles. The lowest BCUT2D eigenvalue weighted by molar-refractivity contribution is -0.185. The van der Waals surface area contributed by atoms with Crippen molar-refractivity contribution in [2.75, 3.05) is 7.05 Å². The van der Waals surface area contributed by atoms with Crippen LogP contribution in [-0.4, -0.2) is 30.1 Å². The molecule has 0 saturated heterocycles. The van der Waals surface area contributed by atoms with E-state index >= 15 is 0 Å². The van der Waals surface area contributed by atoms with Crippen LogP contribution < -0.4 is 0 Å². The minimum Gasteiger partial charge on any atom is -0.335 e. The highest BCUT2D eigenvalue weighted by Crippen LogP contribution is 2.20. The van der Waals surface area contributed by atoms with E-state index in [0.29, 0.717) is 6.42 Å². The Labute approximate surface area is 111 Å². The van der Waals surface area contributed by atoms with Gasteiger partial charge in [-0.1, -0.05) is 31.2 Å². The quantitative estimate of drug-likeness (QED) is 0.825. The molecule has 0 aliphatic rings. The number of carbonyl (C=O) groups is 1. The highest BCUT2D eigenvalue weighted by Gasteiger charge is 2.42. The van der Waals surface area contributed by atoms with E-state index < -0.39 is 18.1 Å². The number of aryl methyl sites for hydroxylation is 1. The molecule has 1 unspecified atom stereocenters. The first-order chi connectivity index (χ1) is 8.75. The lowest BCUT2D eigenvalue weighted by Crippen LogP contribution is -2.44. The number of carbonyl (C=O) groups excluding carboxylic acids is 1. The van der Waals surface area contributed by atoms with Crippen molar-refractivity contribution in [3.63, 3.8) is 0 Å². The number of halogens is 3. The van der Waals surface area contributed by atoms with E-state index in [0.717, 1.165) is 16.9 Å². The third-order valence-corrected chi connectivity index (χ3v) is 3.19. The summed E-state index contributed by atoms with van der Waals surface area (Å²) in [6, 6.07) is 7.19. The van der Waals surface area contributed by atoms with Gasteiger partial charge in [0.15, 0.2) is 0 Å². The number of amides is 1. The van der Waals surface area contributed by atoms with Crippen molar-refractivity contribution in [3.05, 3.63) is 35.4 Å². The maximum Gasteiger partial charge on any atom is 0.471 e. The number of alkyl halides is 3. The highest BCUT2D eigenvalue weighted by atomic mass is 19.4. The van der Waals surface area contributed by atoms with Gasteiger partial charge in [-0.15, -0.1) is 0 Å². The molecule has 0 bridgehead atoms. The molecule has 0 radical (unpaired) electrons. The molecule has 0 fully saturated rings. The monoisotopic (exact) mass is 273 g/mol. The van der Waals surface area contributed by atoms with Crippen molar-refractivity contribution >= 4 is 5.91 Å². The molecule has 0 N–H and O–H groups in total. The molecule has 0 heterocycles. The smallest absolute Gasteiger partial charge is 0.335 e. The predicted molar refractivity (Wildman–Crippen MR) is 67.8 cm³/mol. The molecule has 0 aliphatic heterocycles. The normalized spacial score (nSPS) is 13.2. The minimum atomic E-state index is -4.81. The topological polar surface area (TPSA) is 20.3 Å². The van der Waals surface area contributed by atoms with Crippen LogP contribution in [0.1, 0.15) is 25.0 Å². The van der Waals surface area contributed by atoms with Crippen molar-refractivity contribution in [3.8, 4) is 0 Å². The number of likely N-dealkylation sites (N-methyl/N-ethyl adjacent to an activating group) is 1. The fourth-order valence-corrected chi connectivity index (χ4v) is 1.79. The zero-order valence-corrected chi connectivity index (χ0v) is 11.3. The molecule has 1 aromatic rings. The second-order valence-corrected chi connectivity index (χ2v) is 4.64. The van der Waals surface area contributed by atoms with Gasteiger partial charge >= 0.3 is 12.1 Å². The van der Waals surface area contributed by atoms with Gasteiger partial charge < -0.3 is 4.90 Å². The number of hydrogen-bond donors (Lipinski definition) is 0. The summed E-state index contributed by atoms with van der Waals surface area (Å²) in [4.78, 5) is 11.8. The third-order valence-electron chi connectivity index (χ3n) is 3.19. The lowest BCUT2D eigenvalue weighted by Gasteiger charge is -2.25. The van der Waals surface area contributed by atoms with E-state index in [-0.39, 0.29) is 0 Å². The Kier molecular flexibility index (Phi) is 4.97. The Morgan fingerprint density at radius 3 is 2.11 bits per heavy atom. The van der Waals surface area contributed by atoms with Crippen LogP contribution in [0.5, 0.6) is 0 Å². The number of hydrogen-bond acceptors (Lipinski definition) is 1. The molecule has 19 heavy (non-hydrogen) atoms. The number of rotatable bonds is 4. The van der Waals surface area contributed by atoms with Crippen molar-refractivity contribution in [1.82, 2.24) is 4.90 Å². The van der Waals surface area contributed by atoms with Gasteiger partial charge in [-0.25, -0.2) is 0 Å². The molecular formula is C14H18F3NO. The standard InChI is InChI=1S/C14H18F3NO/c1-4-11-5-7-12(8-6-11)9-10(2)18(3)13(19)14(15,16)17/h5-8,10H,4,9H2,1-3H3. The average Bonchev–Trinajstić information content (AvgIpc) is 2.36. The summed E-state index contributed by atoms with van der Waals surface area (Å²) in [6.07, 6.45) is -3.49. The van der Waals surface area contributed by atoms with Crippen LogP contribution in [0.25, 0.3) is 0 Å². The Balaban J connectivity index is 2.68. The summed E-state index contributed by atoms with van der Waals surface area (Å²) in [5.41, 5.74) is 2.10. The lowest BCUT2D eigenvalue weighted by atomic mass is 10.0. The summed E-state index contributed by atoms with van der Waals surface area (Å²) in [7, 11) is 1.18. The molecule has 5 heteroatoms. The van der Waals surface area contributed by atoms with E-state index in [1.54, 1.807) is 6.92 Å². The van der Waals surface area contributed by atoms with Gasteiger partial charge in [0.05, 0.1) is 0 Å². The Morgan fingerprint density at radius 1 is 1.21 bits per heavy atom. The molecule has 1 aromatic carbocycles. The third kappa shape index (κ3) is 4.26. The molecule has 2 nitrogen and oxygen atoms in total. The van der Waals surface area contributed by atoms with Gasteiger partial charge in [-0.2, -0.15) is 13.2 Å². The zero-order valence-electron chi connectivity index (χ0n) is 11.3. The summed E-state index contributed by atoms with van der Waals surface area (Å²) in [6.45, 7) is 3.64. The van der Waals surface area contributed by atoms with Crippen molar-refractivity contribution in [1.29, 1.82) is 0 Å². The van der Waals surface area contributed by atoms with Gasteiger partial charge in [-0.3, -0.25) is 4.79 Å². The van der Waals surface area contributed by atoms with Crippen molar-refractivity contribution < 1.29 is 18.0 Å². The Hall–Kier alpha value is -1.52. The van der Waals surface area contributed by atoms with Gasteiger partial charge in [0.25, 0.3) is 0 Å². The van der Waals surface area contributed by atoms with Gasteiger partial charge in [0.2, 0.25) is 0 Å².